The first-order valence-electron chi connectivity index (χ1n) is 6.09. The van der Waals surface area contributed by atoms with E-state index < -0.39 is 0 Å². The van der Waals surface area contributed by atoms with Gasteiger partial charge < -0.3 is 0 Å². The standard InChI is InChI=1S/C14H21N/c1-12(2)15-11-7-6-10-14(15)13-8-4-3-5-9-13/h3-5,8-9,12,14H,6-7,10-11H2,1-2H3/t14-/m1/s1. The maximum Gasteiger partial charge on any atom is 0.0350 e. The van der Waals surface area contributed by atoms with Gasteiger partial charge in [0.1, 0.15) is 0 Å². The average Bonchev–Trinajstić information content (AvgIpc) is 2.30. The molecule has 0 spiro atoms. The van der Waals surface area contributed by atoms with Crippen molar-refractivity contribution < 1.29 is 0 Å². The topological polar surface area (TPSA) is 3.24 Å². The molecule has 0 aliphatic carbocycles. The minimum absolute atomic E-state index is 0.653. The molecule has 1 fully saturated rings. The Hall–Kier alpha value is -0.820. The minimum Gasteiger partial charge on any atom is -0.294 e. The largest absolute Gasteiger partial charge is 0.294 e. The van der Waals surface area contributed by atoms with Gasteiger partial charge in [0.25, 0.3) is 0 Å². The molecular formula is C14H21N. The lowest BCUT2D eigenvalue weighted by Gasteiger charge is -2.39. The van der Waals surface area contributed by atoms with Crippen molar-refractivity contribution in [2.75, 3.05) is 6.54 Å². The summed E-state index contributed by atoms with van der Waals surface area (Å²) in [5.41, 5.74) is 1.49. The summed E-state index contributed by atoms with van der Waals surface area (Å²) < 4.78 is 0. The summed E-state index contributed by atoms with van der Waals surface area (Å²) in [7, 11) is 0. The molecule has 1 heterocycles. The number of rotatable bonds is 2. The molecule has 1 atom stereocenters. The Labute approximate surface area is 93.1 Å². The molecule has 0 bridgehead atoms. The van der Waals surface area contributed by atoms with Gasteiger partial charge in [-0.1, -0.05) is 36.8 Å². The monoisotopic (exact) mass is 203 g/mol. The van der Waals surface area contributed by atoms with Gasteiger partial charge in [0.2, 0.25) is 0 Å². The predicted molar refractivity (Wildman–Crippen MR) is 64.9 cm³/mol. The fourth-order valence-corrected chi connectivity index (χ4v) is 2.61. The highest BCUT2D eigenvalue weighted by Gasteiger charge is 2.25. The first-order chi connectivity index (χ1) is 7.29. The van der Waals surface area contributed by atoms with Crippen molar-refractivity contribution in [2.24, 2.45) is 0 Å². The quantitative estimate of drug-likeness (QED) is 0.709. The summed E-state index contributed by atoms with van der Waals surface area (Å²) in [6, 6.07) is 12.3. The van der Waals surface area contributed by atoms with E-state index in [1.807, 2.05) is 0 Å². The minimum atomic E-state index is 0.653. The smallest absolute Gasteiger partial charge is 0.0350 e. The van der Waals surface area contributed by atoms with Crippen LogP contribution in [-0.2, 0) is 0 Å². The number of likely N-dealkylation sites (tertiary alicyclic amines) is 1. The molecule has 1 aromatic carbocycles. The van der Waals surface area contributed by atoms with E-state index >= 15 is 0 Å². The van der Waals surface area contributed by atoms with Crippen molar-refractivity contribution in [3.63, 3.8) is 0 Å². The van der Waals surface area contributed by atoms with Gasteiger partial charge >= 0.3 is 0 Å². The van der Waals surface area contributed by atoms with Crippen LogP contribution >= 0.6 is 0 Å². The summed E-state index contributed by atoms with van der Waals surface area (Å²) in [4.78, 5) is 2.64. The first kappa shape index (κ1) is 10.7. The summed E-state index contributed by atoms with van der Waals surface area (Å²) in [6.07, 6.45) is 4.06. The highest BCUT2D eigenvalue weighted by molar-refractivity contribution is 5.19. The summed E-state index contributed by atoms with van der Waals surface area (Å²) in [6.45, 7) is 5.87. The Kier molecular flexibility index (Phi) is 3.42. The van der Waals surface area contributed by atoms with Gasteiger partial charge in [0.15, 0.2) is 0 Å². The number of piperidine rings is 1. The lowest BCUT2D eigenvalue weighted by atomic mass is 9.94. The molecule has 1 nitrogen and oxygen atoms in total. The third kappa shape index (κ3) is 2.40. The van der Waals surface area contributed by atoms with Crippen molar-refractivity contribution in [2.45, 2.75) is 45.2 Å². The maximum absolute atomic E-state index is 2.64. The van der Waals surface area contributed by atoms with E-state index in [0.717, 1.165) is 0 Å². The van der Waals surface area contributed by atoms with E-state index in [-0.39, 0.29) is 0 Å². The summed E-state index contributed by atoms with van der Waals surface area (Å²) in [5.74, 6) is 0. The number of benzene rings is 1. The van der Waals surface area contributed by atoms with Crippen molar-refractivity contribution in [3.05, 3.63) is 35.9 Å². The summed E-state index contributed by atoms with van der Waals surface area (Å²) in [5, 5.41) is 0. The van der Waals surface area contributed by atoms with Crippen LogP contribution in [-0.4, -0.2) is 17.5 Å². The van der Waals surface area contributed by atoms with Crippen LogP contribution in [0.15, 0.2) is 30.3 Å². The molecule has 1 aliphatic heterocycles. The lowest BCUT2D eigenvalue weighted by Crippen LogP contribution is -2.38. The van der Waals surface area contributed by atoms with E-state index in [4.69, 9.17) is 0 Å². The zero-order valence-electron chi connectivity index (χ0n) is 9.82. The SMILES string of the molecule is CC(C)N1CCCC[C@@H]1c1ccccc1. The maximum atomic E-state index is 2.64. The molecule has 1 saturated heterocycles. The molecule has 0 unspecified atom stereocenters. The zero-order chi connectivity index (χ0) is 10.7. The Bertz CT molecular complexity index is 291. The van der Waals surface area contributed by atoms with Crippen molar-refractivity contribution >= 4 is 0 Å². The fourth-order valence-electron chi connectivity index (χ4n) is 2.61. The number of hydrogen-bond acceptors (Lipinski definition) is 1. The normalized spacial score (nSPS) is 23.3. The third-order valence-electron chi connectivity index (χ3n) is 3.39. The predicted octanol–water partition coefficient (Wildman–Crippen LogP) is 3.62. The van der Waals surface area contributed by atoms with Crippen molar-refractivity contribution in [3.8, 4) is 0 Å². The highest BCUT2D eigenvalue weighted by atomic mass is 15.2. The van der Waals surface area contributed by atoms with E-state index in [1.54, 1.807) is 0 Å². The molecule has 0 radical (unpaired) electrons. The highest BCUT2D eigenvalue weighted by Crippen LogP contribution is 2.31. The molecule has 2 rings (SSSR count). The van der Waals surface area contributed by atoms with Crippen LogP contribution in [0.2, 0.25) is 0 Å². The van der Waals surface area contributed by atoms with Gasteiger partial charge in [-0.25, -0.2) is 0 Å². The molecule has 0 amide bonds. The van der Waals surface area contributed by atoms with Crippen LogP contribution in [0.1, 0.15) is 44.7 Å². The number of nitrogens with zero attached hydrogens (tertiary/aromatic N) is 1. The number of hydrogen-bond donors (Lipinski definition) is 0. The van der Waals surface area contributed by atoms with Gasteiger partial charge in [-0.15, -0.1) is 0 Å². The van der Waals surface area contributed by atoms with Gasteiger partial charge in [0.05, 0.1) is 0 Å². The first-order valence-corrected chi connectivity index (χ1v) is 6.09. The molecule has 1 aromatic rings. The van der Waals surface area contributed by atoms with Crippen LogP contribution in [0.4, 0.5) is 0 Å². The zero-order valence-corrected chi connectivity index (χ0v) is 9.82. The second-order valence-electron chi connectivity index (χ2n) is 4.75. The lowest BCUT2D eigenvalue weighted by molar-refractivity contribution is 0.112. The fraction of sp³-hybridized carbons (Fsp3) is 0.571. The van der Waals surface area contributed by atoms with Gasteiger partial charge in [0, 0.05) is 12.1 Å². The second kappa shape index (κ2) is 4.80. The van der Waals surface area contributed by atoms with Crippen molar-refractivity contribution in [1.82, 2.24) is 4.90 Å². The van der Waals surface area contributed by atoms with E-state index in [1.165, 1.54) is 31.4 Å². The van der Waals surface area contributed by atoms with Crippen LogP contribution in [0.25, 0.3) is 0 Å². The molecule has 0 saturated carbocycles. The Morgan fingerprint density at radius 2 is 1.87 bits per heavy atom. The third-order valence-corrected chi connectivity index (χ3v) is 3.39. The van der Waals surface area contributed by atoms with Crippen molar-refractivity contribution in [1.29, 1.82) is 0 Å². The Balaban J connectivity index is 2.18. The van der Waals surface area contributed by atoms with Crippen LogP contribution in [0.3, 0.4) is 0 Å². The van der Waals surface area contributed by atoms with Crippen LogP contribution in [0, 0.1) is 0 Å². The second-order valence-corrected chi connectivity index (χ2v) is 4.75. The van der Waals surface area contributed by atoms with Gasteiger partial charge in [-0.3, -0.25) is 4.90 Å². The molecular weight excluding hydrogens is 182 g/mol. The molecule has 0 aromatic heterocycles. The van der Waals surface area contributed by atoms with E-state index in [9.17, 15) is 0 Å². The summed E-state index contributed by atoms with van der Waals surface area (Å²) >= 11 is 0. The molecule has 0 N–H and O–H groups in total. The van der Waals surface area contributed by atoms with Gasteiger partial charge in [-0.2, -0.15) is 0 Å². The molecule has 82 valence electrons. The Morgan fingerprint density at radius 1 is 1.13 bits per heavy atom. The van der Waals surface area contributed by atoms with E-state index in [2.05, 4.69) is 49.1 Å². The molecule has 15 heavy (non-hydrogen) atoms. The van der Waals surface area contributed by atoms with Crippen LogP contribution in [0.5, 0.6) is 0 Å². The molecule has 1 aliphatic rings. The molecule has 1 heteroatoms. The average molecular weight is 203 g/mol. The Morgan fingerprint density at radius 3 is 2.53 bits per heavy atom. The van der Waals surface area contributed by atoms with Crippen LogP contribution < -0.4 is 0 Å². The van der Waals surface area contributed by atoms with E-state index in [0.29, 0.717) is 12.1 Å². The van der Waals surface area contributed by atoms with Gasteiger partial charge in [-0.05, 0) is 38.8 Å².